The first-order valence-corrected chi connectivity index (χ1v) is 15.8. The van der Waals surface area contributed by atoms with Crippen LogP contribution in [0.5, 0.6) is 0 Å². The summed E-state index contributed by atoms with van der Waals surface area (Å²) >= 11 is 0. The molecule has 32 heavy (non-hydrogen) atoms. The fraction of sp³-hybridized carbons (Fsp3) is 0.222. The third-order valence-corrected chi connectivity index (χ3v) is 12.9. The van der Waals surface area contributed by atoms with Crippen molar-refractivity contribution in [3.63, 3.8) is 0 Å². The van der Waals surface area contributed by atoms with E-state index in [2.05, 4.69) is 10.2 Å². The lowest BCUT2D eigenvalue weighted by molar-refractivity contribution is 0.499. The monoisotopic (exact) mass is 516 g/mol. The number of rotatable bonds is 5. The van der Waals surface area contributed by atoms with Gasteiger partial charge in [0.1, 0.15) is 11.0 Å². The molecule has 0 bridgehead atoms. The number of aryl methyl sites for hydroxylation is 2. The maximum Gasteiger partial charge on any atom is 0.476 e. The predicted octanol–water partition coefficient (Wildman–Crippen LogP) is 2.85. The van der Waals surface area contributed by atoms with E-state index >= 15 is 0 Å². The van der Waals surface area contributed by atoms with Gasteiger partial charge in [-0.1, -0.05) is 34.5 Å². The van der Waals surface area contributed by atoms with Crippen molar-refractivity contribution in [3.05, 3.63) is 58.1 Å². The molecule has 0 aliphatic rings. The number of nitrogens with zero attached hydrogens (tertiary/aromatic N) is 4. The summed E-state index contributed by atoms with van der Waals surface area (Å²) in [5, 5.41) is 8.32. The SMILES string of the molecule is CCn1c(=NN=c2n(CC)c3ccccc3[s+]2S(=O)(=O)O)[s+](S(=O)(=O)O)c2ccccc21. The molecule has 0 radical (unpaired) electrons. The van der Waals surface area contributed by atoms with E-state index in [0.717, 1.165) is 0 Å². The summed E-state index contributed by atoms with van der Waals surface area (Å²) in [5.41, 5.74) is 1.15. The summed E-state index contributed by atoms with van der Waals surface area (Å²) in [7, 11) is -12.8. The minimum Gasteiger partial charge on any atom is -0.274 e. The molecular formula is C18H20N4O6S4+2. The summed E-state index contributed by atoms with van der Waals surface area (Å²) in [6, 6.07) is 13.4. The van der Waals surface area contributed by atoms with Crippen LogP contribution in [0.2, 0.25) is 0 Å². The van der Waals surface area contributed by atoms with Gasteiger partial charge in [-0.15, -0.1) is 16.8 Å². The van der Waals surface area contributed by atoms with Crippen LogP contribution in [0, 0.1) is 0 Å². The molecule has 14 heteroatoms. The molecule has 2 aromatic heterocycles. The van der Waals surface area contributed by atoms with E-state index in [9.17, 15) is 25.9 Å². The lowest BCUT2D eigenvalue weighted by atomic mass is 10.3. The Balaban J connectivity index is 2.23. The number of aromatic nitrogens is 2. The van der Waals surface area contributed by atoms with Crippen LogP contribution in [0.4, 0.5) is 0 Å². The topological polar surface area (TPSA) is 143 Å². The fourth-order valence-corrected chi connectivity index (χ4v) is 11.1. The molecule has 0 aliphatic carbocycles. The third-order valence-electron chi connectivity index (χ3n) is 4.78. The Bertz CT molecular complexity index is 1580. The van der Waals surface area contributed by atoms with Gasteiger partial charge in [-0.2, -0.15) is 0 Å². The largest absolute Gasteiger partial charge is 0.476 e. The van der Waals surface area contributed by atoms with Gasteiger partial charge in [0, 0.05) is 25.2 Å². The van der Waals surface area contributed by atoms with Crippen molar-refractivity contribution in [1.82, 2.24) is 9.13 Å². The summed E-state index contributed by atoms with van der Waals surface area (Å²) in [4.78, 5) is -0.0378. The van der Waals surface area contributed by atoms with Crippen LogP contribution in [0.15, 0.2) is 58.7 Å². The average molecular weight is 517 g/mol. The minimum atomic E-state index is -4.56. The van der Waals surface area contributed by atoms with E-state index in [0.29, 0.717) is 33.5 Å². The first-order valence-electron chi connectivity index (χ1n) is 9.42. The smallest absolute Gasteiger partial charge is 0.274 e. The van der Waals surface area contributed by atoms with Crippen LogP contribution in [0.3, 0.4) is 0 Å². The molecule has 0 saturated heterocycles. The fourth-order valence-electron chi connectivity index (χ4n) is 3.57. The van der Waals surface area contributed by atoms with Crippen molar-refractivity contribution in [3.8, 4) is 0 Å². The van der Waals surface area contributed by atoms with Crippen molar-refractivity contribution in [1.29, 1.82) is 0 Å². The van der Waals surface area contributed by atoms with Crippen molar-refractivity contribution in [2.75, 3.05) is 0 Å². The van der Waals surface area contributed by atoms with Crippen LogP contribution < -0.4 is 9.60 Å². The maximum atomic E-state index is 12.3. The minimum absolute atomic E-state index is 0.0189. The summed E-state index contributed by atoms with van der Waals surface area (Å²) in [6.07, 6.45) is 0. The van der Waals surface area contributed by atoms with Crippen molar-refractivity contribution < 1.29 is 25.9 Å². The molecule has 4 rings (SSSR count). The molecule has 2 unspecified atom stereocenters. The number of thiazole rings is 2. The molecule has 2 atom stereocenters. The first-order chi connectivity index (χ1) is 15.1. The van der Waals surface area contributed by atoms with Crippen molar-refractivity contribution in [2.45, 2.75) is 26.9 Å². The van der Waals surface area contributed by atoms with E-state index < -0.39 is 37.3 Å². The number of para-hydroxylation sites is 2. The maximum absolute atomic E-state index is 12.3. The summed E-state index contributed by atoms with van der Waals surface area (Å²) < 4.78 is 72.9. The third kappa shape index (κ3) is 3.72. The quantitative estimate of drug-likeness (QED) is 0.181. The molecule has 2 N–H and O–H groups in total. The van der Waals surface area contributed by atoms with Gasteiger partial charge in [0.2, 0.25) is 9.40 Å². The number of fused-ring (bicyclic) bond motifs is 2. The van der Waals surface area contributed by atoms with Gasteiger partial charge < -0.3 is 0 Å². The summed E-state index contributed by atoms with van der Waals surface area (Å²) in [6.45, 7) is 4.29. The van der Waals surface area contributed by atoms with Crippen LogP contribution in [-0.4, -0.2) is 35.1 Å². The molecule has 10 nitrogen and oxygen atoms in total. The van der Waals surface area contributed by atoms with E-state index in [1.54, 1.807) is 71.5 Å². The second-order valence-corrected chi connectivity index (χ2v) is 15.5. The first kappa shape index (κ1) is 22.8. The molecule has 0 saturated carbocycles. The van der Waals surface area contributed by atoms with Gasteiger partial charge in [-0.05, 0) is 26.0 Å². The molecule has 0 fully saturated rings. The van der Waals surface area contributed by atoms with Crippen molar-refractivity contribution in [2.24, 2.45) is 10.2 Å². The number of benzene rings is 2. The number of hydrogen-bond donors (Lipinski definition) is 2. The van der Waals surface area contributed by atoms with E-state index in [4.69, 9.17) is 0 Å². The number of hydrogen-bond acceptors (Lipinski definition) is 6. The van der Waals surface area contributed by atoms with Gasteiger partial charge in [-0.25, -0.2) is 9.11 Å². The average Bonchev–Trinajstić information content (AvgIpc) is 3.23. The Morgan fingerprint density at radius 3 is 1.38 bits per heavy atom. The highest BCUT2D eigenvalue weighted by Crippen LogP contribution is 2.32. The van der Waals surface area contributed by atoms with Crippen LogP contribution in [0.25, 0.3) is 20.4 Å². The highest BCUT2D eigenvalue weighted by molar-refractivity contribution is 8.37. The predicted molar refractivity (Wildman–Crippen MR) is 125 cm³/mol. The zero-order chi connectivity index (χ0) is 23.3. The Morgan fingerprint density at radius 1 is 0.719 bits per heavy atom. The van der Waals surface area contributed by atoms with Gasteiger partial charge in [-0.3, -0.25) is 9.13 Å². The molecule has 0 spiro atoms. The zero-order valence-electron chi connectivity index (χ0n) is 17.0. The molecule has 2 aromatic carbocycles. The van der Waals surface area contributed by atoms with Crippen LogP contribution >= 0.6 is 19.0 Å². The molecular weight excluding hydrogens is 496 g/mol. The van der Waals surface area contributed by atoms with Gasteiger partial charge in [0.25, 0.3) is 0 Å². The van der Waals surface area contributed by atoms with Crippen LogP contribution in [-0.2, 0) is 31.4 Å². The Kier molecular flexibility index (Phi) is 5.85. The van der Waals surface area contributed by atoms with Crippen molar-refractivity contribution >= 4 is 57.7 Å². The normalized spacial score (nSPS) is 15.2. The molecule has 0 amide bonds. The van der Waals surface area contributed by atoms with Crippen LogP contribution in [0.1, 0.15) is 13.8 Å². The highest BCUT2D eigenvalue weighted by Gasteiger charge is 2.35. The molecule has 0 aliphatic heterocycles. The Morgan fingerprint density at radius 2 is 1.06 bits per heavy atom. The second kappa shape index (κ2) is 8.20. The molecule has 170 valence electrons. The summed E-state index contributed by atoms with van der Waals surface area (Å²) in [5.74, 6) is 0. The molecule has 4 aromatic rings. The van der Waals surface area contributed by atoms with Gasteiger partial charge in [0.15, 0.2) is 19.0 Å². The Labute approximate surface area is 187 Å². The standard InChI is InChI=1S/C18H18N4O6S4/c1-3-21-13-9-5-7-11-15(13)29(31(23,24)25)17(21)19-20-18-22(4-2)14-10-6-8-12-16(14)30(18)32(26,27)28/h5-12H,3-4H2,1-2H3/p+2. The lowest BCUT2D eigenvalue weighted by Gasteiger charge is -1.94. The highest BCUT2D eigenvalue weighted by atomic mass is 33.2. The molecule has 2 heterocycles. The Hall–Kier alpha value is -2.36. The van der Waals surface area contributed by atoms with Gasteiger partial charge in [0.05, 0.1) is 0 Å². The van der Waals surface area contributed by atoms with E-state index in [1.165, 1.54) is 0 Å². The zero-order valence-corrected chi connectivity index (χ0v) is 20.2. The van der Waals surface area contributed by atoms with Gasteiger partial charge >= 0.3 is 27.9 Å². The lowest BCUT2D eigenvalue weighted by Crippen LogP contribution is -2.20. The van der Waals surface area contributed by atoms with E-state index in [1.807, 2.05) is 0 Å². The van der Waals surface area contributed by atoms with E-state index in [-0.39, 0.29) is 9.60 Å². The second-order valence-electron chi connectivity index (χ2n) is 6.58.